The van der Waals surface area contributed by atoms with Crippen molar-refractivity contribution in [2.24, 2.45) is 0 Å². The van der Waals surface area contributed by atoms with Crippen molar-refractivity contribution in [1.29, 1.82) is 0 Å². The summed E-state index contributed by atoms with van der Waals surface area (Å²) in [5.74, 6) is 1.64. The van der Waals surface area contributed by atoms with Crippen molar-refractivity contribution in [3.8, 4) is 17.2 Å². The normalized spacial score (nSPS) is 10.2. The van der Waals surface area contributed by atoms with Crippen molar-refractivity contribution in [2.75, 3.05) is 26.9 Å². The van der Waals surface area contributed by atoms with Crippen molar-refractivity contribution < 1.29 is 23.8 Å². The van der Waals surface area contributed by atoms with E-state index in [1.165, 1.54) is 14.0 Å². The van der Waals surface area contributed by atoms with Crippen molar-refractivity contribution in [3.63, 3.8) is 0 Å². The number of Topliss-reactive ketones (excluding diaryl/α,β-unsaturated/α-hetero) is 1. The van der Waals surface area contributed by atoms with Gasteiger partial charge in [-0.2, -0.15) is 0 Å². The van der Waals surface area contributed by atoms with E-state index in [1.807, 2.05) is 0 Å². The molecule has 0 aliphatic heterocycles. The molecule has 150 valence electrons. The van der Waals surface area contributed by atoms with Gasteiger partial charge in [-0.1, -0.05) is 11.6 Å². The number of halogens is 1. The number of ether oxygens (including phenoxy) is 3. The lowest BCUT2D eigenvalue weighted by atomic mass is 10.1. The molecule has 0 fully saturated rings. The lowest BCUT2D eigenvalue weighted by Crippen LogP contribution is -2.28. The molecule has 0 aliphatic carbocycles. The molecule has 2 rings (SSSR count). The number of ketones is 1. The Morgan fingerprint density at radius 2 is 1.75 bits per heavy atom. The van der Waals surface area contributed by atoms with Gasteiger partial charge in [-0.15, -0.1) is 0 Å². The first kappa shape index (κ1) is 21.6. The third-order valence-electron chi connectivity index (χ3n) is 3.88. The Kier molecular flexibility index (Phi) is 8.62. The number of rotatable bonds is 11. The largest absolute Gasteiger partial charge is 0.493 e. The van der Waals surface area contributed by atoms with Gasteiger partial charge in [0.1, 0.15) is 12.4 Å². The van der Waals surface area contributed by atoms with Gasteiger partial charge >= 0.3 is 0 Å². The average molecular weight is 406 g/mol. The molecule has 2 aromatic rings. The van der Waals surface area contributed by atoms with E-state index in [0.717, 1.165) is 0 Å². The second-order valence-corrected chi connectivity index (χ2v) is 6.46. The predicted molar refractivity (Wildman–Crippen MR) is 108 cm³/mol. The monoisotopic (exact) mass is 405 g/mol. The molecule has 0 heterocycles. The Morgan fingerprint density at radius 1 is 1.00 bits per heavy atom. The van der Waals surface area contributed by atoms with Crippen LogP contribution in [0.1, 0.15) is 30.1 Å². The summed E-state index contributed by atoms with van der Waals surface area (Å²) in [6.45, 7) is 2.66. The lowest BCUT2D eigenvalue weighted by Gasteiger charge is -2.11. The van der Waals surface area contributed by atoms with Crippen LogP contribution in [0.5, 0.6) is 17.2 Å². The van der Waals surface area contributed by atoms with Gasteiger partial charge in [-0.3, -0.25) is 9.59 Å². The summed E-state index contributed by atoms with van der Waals surface area (Å²) in [6.07, 6.45) is 0.899. The first-order valence-electron chi connectivity index (χ1n) is 8.96. The van der Waals surface area contributed by atoms with E-state index in [0.29, 0.717) is 60.4 Å². The van der Waals surface area contributed by atoms with Crippen LogP contribution in [-0.2, 0) is 4.79 Å². The number of hydrogen-bond donors (Lipinski definition) is 1. The maximum atomic E-state index is 11.9. The van der Waals surface area contributed by atoms with Crippen molar-refractivity contribution in [3.05, 3.63) is 53.1 Å². The molecule has 0 saturated heterocycles. The Hall–Kier alpha value is -2.73. The fourth-order valence-corrected chi connectivity index (χ4v) is 2.53. The van der Waals surface area contributed by atoms with Crippen molar-refractivity contribution in [1.82, 2.24) is 5.32 Å². The zero-order valence-corrected chi connectivity index (χ0v) is 16.8. The van der Waals surface area contributed by atoms with E-state index < -0.39 is 0 Å². The van der Waals surface area contributed by atoms with Crippen molar-refractivity contribution >= 4 is 23.3 Å². The highest BCUT2D eigenvalue weighted by Crippen LogP contribution is 2.28. The summed E-state index contributed by atoms with van der Waals surface area (Å²) in [7, 11) is 1.52. The molecule has 0 radical (unpaired) electrons. The lowest BCUT2D eigenvalue weighted by molar-refractivity contribution is -0.121. The number of amides is 1. The topological polar surface area (TPSA) is 73.9 Å². The first-order valence-corrected chi connectivity index (χ1v) is 9.34. The summed E-state index contributed by atoms with van der Waals surface area (Å²) >= 11 is 5.81. The molecule has 0 spiro atoms. The molecule has 0 aromatic heterocycles. The first-order chi connectivity index (χ1) is 13.5. The standard InChI is InChI=1S/C21H24ClNO5/c1-15(24)16-5-10-19(20(14-16)26-2)28-12-3-4-21(25)23-11-13-27-18-8-6-17(22)7-9-18/h5-10,14H,3-4,11-13H2,1-2H3,(H,23,25). The molecule has 1 N–H and O–H groups in total. The minimum atomic E-state index is -0.0674. The number of benzene rings is 2. The van der Waals surface area contributed by atoms with E-state index in [4.69, 9.17) is 25.8 Å². The Labute approximate surface area is 169 Å². The third-order valence-corrected chi connectivity index (χ3v) is 4.13. The van der Waals surface area contributed by atoms with Gasteiger partial charge in [-0.05, 0) is 55.8 Å². The summed E-state index contributed by atoms with van der Waals surface area (Å²) < 4.78 is 16.4. The van der Waals surface area contributed by atoms with Crippen molar-refractivity contribution in [2.45, 2.75) is 19.8 Å². The maximum Gasteiger partial charge on any atom is 0.220 e. The van der Waals surface area contributed by atoms with Gasteiger partial charge in [0.25, 0.3) is 0 Å². The molecule has 28 heavy (non-hydrogen) atoms. The summed E-state index contributed by atoms with van der Waals surface area (Å²) in [4.78, 5) is 23.3. The van der Waals surface area contributed by atoms with Crippen LogP contribution in [0, 0.1) is 0 Å². The van der Waals surface area contributed by atoms with Gasteiger partial charge in [0.05, 0.1) is 20.3 Å². The molecule has 0 unspecified atom stereocenters. The maximum absolute atomic E-state index is 11.9. The molecule has 0 saturated carbocycles. The number of carbonyl (C=O) groups is 2. The van der Waals surface area contributed by atoms with E-state index >= 15 is 0 Å². The van der Waals surface area contributed by atoms with Gasteiger partial charge in [0, 0.05) is 17.0 Å². The van der Waals surface area contributed by atoms with Gasteiger partial charge in [0.2, 0.25) is 5.91 Å². The van der Waals surface area contributed by atoms with E-state index in [2.05, 4.69) is 5.32 Å². The number of carbonyl (C=O) groups excluding carboxylic acids is 2. The smallest absolute Gasteiger partial charge is 0.220 e. The molecule has 0 bridgehead atoms. The number of methoxy groups -OCH3 is 1. The second kappa shape index (κ2) is 11.2. The Balaban J connectivity index is 1.63. The number of nitrogens with one attached hydrogen (secondary N) is 1. The predicted octanol–water partition coefficient (Wildman–Crippen LogP) is 3.91. The van der Waals surface area contributed by atoms with Crippen LogP contribution in [-0.4, -0.2) is 38.6 Å². The molecule has 7 heteroatoms. The zero-order valence-electron chi connectivity index (χ0n) is 16.0. The molecular formula is C21H24ClNO5. The van der Waals surface area contributed by atoms with Crippen LogP contribution in [0.25, 0.3) is 0 Å². The summed E-state index contributed by atoms with van der Waals surface area (Å²) in [5, 5.41) is 3.45. The number of hydrogen-bond acceptors (Lipinski definition) is 5. The summed E-state index contributed by atoms with van der Waals surface area (Å²) in [6, 6.07) is 12.1. The Morgan fingerprint density at radius 3 is 2.43 bits per heavy atom. The van der Waals surface area contributed by atoms with Gasteiger partial charge in [-0.25, -0.2) is 0 Å². The highest BCUT2D eigenvalue weighted by Gasteiger charge is 2.09. The summed E-state index contributed by atoms with van der Waals surface area (Å²) in [5.41, 5.74) is 0.560. The van der Waals surface area contributed by atoms with E-state index in [9.17, 15) is 9.59 Å². The third kappa shape index (κ3) is 7.12. The molecule has 0 aliphatic rings. The fraction of sp³-hybridized carbons (Fsp3) is 0.333. The minimum Gasteiger partial charge on any atom is -0.493 e. The van der Waals surface area contributed by atoms with Gasteiger partial charge < -0.3 is 19.5 Å². The SMILES string of the molecule is COc1cc(C(C)=O)ccc1OCCCC(=O)NCCOc1ccc(Cl)cc1. The Bertz CT molecular complexity index is 792. The average Bonchev–Trinajstić information content (AvgIpc) is 2.69. The van der Waals surface area contributed by atoms with Crippen LogP contribution in [0.3, 0.4) is 0 Å². The fourth-order valence-electron chi connectivity index (χ4n) is 2.40. The zero-order chi connectivity index (χ0) is 20.4. The highest BCUT2D eigenvalue weighted by atomic mass is 35.5. The molecule has 0 atom stereocenters. The van der Waals surface area contributed by atoms with Crippen LogP contribution < -0.4 is 19.5 Å². The molecule has 1 amide bonds. The molecular weight excluding hydrogens is 382 g/mol. The van der Waals surface area contributed by atoms with E-state index in [1.54, 1.807) is 42.5 Å². The van der Waals surface area contributed by atoms with E-state index in [-0.39, 0.29) is 11.7 Å². The van der Waals surface area contributed by atoms with Crippen LogP contribution in [0.15, 0.2) is 42.5 Å². The second-order valence-electron chi connectivity index (χ2n) is 6.03. The minimum absolute atomic E-state index is 0.0402. The van der Waals surface area contributed by atoms with Gasteiger partial charge in [0.15, 0.2) is 17.3 Å². The highest BCUT2D eigenvalue weighted by molar-refractivity contribution is 6.30. The molecule has 6 nitrogen and oxygen atoms in total. The van der Waals surface area contributed by atoms with Crippen LogP contribution in [0.4, 0.5) is 0 Å². The quantitative estimate of drug-likeness (QED) is 0.453. The van der Waals surface area contributed by atoms with Crippen LogP contribution >= 0.6 is 11.6 Å². The van der Waals surface area contributed by atoms with Crippen LogP contribution in [0.2, 0.25) is 5.02 Å². The molecule has 2 aromatic carbocycles.